The molecule has 0 unspecified atom stereocenters. The zero-order valence-electron chi connectivity index (χ0n) is 32.2. The van der Waals surface area contributed by atoms with Gasteiger partial charge in [-0.15, -0.1) is 0 Å². The van der Waals surface area contributed by atoms with Gasteiger partial charge in [-0.2, -0.15) is 5.26 Å². The van der Waals surface area contributed by atoms with Gasteiger partial charge in [0.15, 0.2) is 5.78 Å². The number of Topliss-reactive ketones (excluding diaryl/α,β-unsaturated/α-hetero) is 1. The Hall–Kier alpha value is -6.38. The molecule has 0 saturated carbocycles. The number of halogens is 4. The molecule has 6 rings (SSSR count). The molecule has 4 aromatic carbocycles. The fraction of sp³-hybridized carbons (Fsp3) is 0.156. The van der Waals surface area contributed by atoms with E-state index in [-0.39, 0.29) is 89.5 Å². The van der Waals surface area contributed by atoms with E-state index in [0.717, 1.165) is 0 Å². The molecule has 0 spiro atoms. The number of hydrogen-bond acceptors (Lipinski definition) is 10. The van der Waals surface area contributed by atoms with Crippen molar-refractivity contribution in [3.63, 3.8) is 0 Å². The first-order valence-electron chi connectivity index (χ1n) is 18.3. The Morgan fingerprint density at radius 2 is 1.25 bits per heavy atom. The van der Waals surface area contributed by atoms with Gasteiger partial charge in [0.05, 0.1) is 50.0 Å². The number of amides is 1. The van der Waals surface area contributed by atoms with Crippen LogP contribution in [-0.4, -0.2) is 39.9 Å². The molecule has 308 valence electrons. The fourth-order valence-corrected chi connectivity index (χ4v) is 6.92. The third kappa shape index (κ3) is 11.1. The van der Waals surface area contributed by atoms with Gasteiger partial charge in [-0.1, -0.05) is 82.8 Å². The molecule has 0 aliphatic heterocycles. The van der Waals surface area contributed by atoms with Crippen molar-refractivity contribution in [3.05, 3.63) is 168 Å². The minimum Gasteiger partial charge on any atom is -0.488 e. The molecule has 16 heteroatoms. The molecule has 0 radical (unpaired) electrons. The Balaban J connectivity index is 1.20. The number of rotatable bonds is 17. The number of ketones is 1. The van der Waals surface area contributed by atoms with Crippen LogP contribution >= 0.6 is 46.4 Å². The number of nitrogens with one attached hydrogen (secondary N) is 1. The molecule has 12 nitrogen and oxygen atoms in total. The van der Waals surface area contributed by atoms with Crippen molar-refractivity contribution >= 4 is 63.8 Å². The number of carbonyl (C=O) groups excluding carboxylic acids is 2. The van der Waals surface area contributed by atoms with Gasteiger partial charge >= 0.3 is 0 Å². The third-order valence-corrected chi connectivity index (χ3v) is 10.4. The summed E-state index contributed by atoms with van der Waals surface area (Å²) in [7, 11) is 0. The predicted octanol–water partition coefficient (Wildman–Crippen LogP) is 10.4. The Kier molecular flexibility index (Phi) is 15.0. The fourth-order valence-electron chi connectivity index (χ4n) is 5.92. The van der Waals surface area contributed by atoms with Crippen LogP contribution in [0.1, 0.15) is 55.5 Å². The first kappa shape index (κ1) is 44.2. The van der Waals surface area contributed by atoms with Crippen molar-refractivity contribution in [2.75, 3.05) is 13.2 Å². The van der Waals surface area contributed by atoms with Crippen LogP contribution in [0, 0.1) is 17.9 Å². The van der Waals surface area contributed by atoms with Crippen LogP contribution in [0.4, 0.5) is 5.69 Å². The number of aliphatic hydroxyl groups excluding tert-OH is 1. The average molecular weight is 898 g/mol. The zero-order chi connectivity index (χ0) is 43.5. The third-order valence-electron chi connectivity index (χ3n) is 8.93. The molecule has 0 fully saturated rings. The molecule has 0 atom stereocenters. The van der Waals surface area contributed by atoms with Gasteiger partial charge < -0.3 is 29.4 Å². The van der Waals surface area contributed by atoms with E-state index < -0.39 is 5.91 Å². The highest BCUT2D eigenvalue weighted by molar-refractivity contribution is 6.37. The van der Waals surface area contributed by atoms with Crippen LogP contribution < -0.4 is 24.3 Å². The second-order valence-electron chi connectivity index (χ2n) is 13.2. The molecule has 0 aliphatic carbocycles. The maximum Gasteiger partial charge on any atom is 0.255 e. The number of pyridine rings is 2. The van der Waals surface area contributed by atoms with Crippen molar-refractivity contribution in [3.8, 4) is 40.2 Å². The topological polar surface area (TPSA) is 157 Å². The number of nitriles is 1. The van der Waals surface area contributed by atoms with E-state index in [1.165, 1.54) is 43.6 Å². The molecule has 0 aliphatic rings. The monoisotopic (exact) mass is 895 g/mol. The molecule has 0 saturated heterocycles. The van der Waals surface area contributed by atoms with Crippen molar-refractivity contribution < 1.29 is 33.6 Å². The summed E-state index contributed by atoms with van der Waals surface area (Å²) in [6.45, 7) is 8.42. The van der Waals surface area contributed by atoms with Crippen LogP contribution in [0.25, 0.3) is 16.0 Å². The molecular weight excluding hydrogens is 864 g/mol. The molecule has 2 heterocycles. The van der Waals surface area contributed by atoms with Crippen molar-refractivity contribution in [2.24, 2.45) is 0 Å². The number of carbonyl (C=O) groups is 2. The minimum atomic E-state index is -0.521. The number of benzene rings is 4. The van der Waals surface area contributed by atoms with Crippen LogP contribution in [0.3, 0.4) is 0 Å². The van der Waals surface area contributed by atoms with Crippen molar-refractivity contribution in [2.45, 2.75) is 33.4 Å². The van der Waals surface area contributed by atoms with Crippen molar-refractivity contribution in [1.82, 2.24) is 15.3 Å². The van der Waals surface area contributed by atoms with E-state index in [4.69, 9.17) is 71.9 Å². The first-order valence-corrected chi connectivity index (χ1v) is 19.8. The van der Waals surface area contributed by atoms with Crippen LogP contribution in [-0.2, 0) is 26.4 Å². The van der Waals surface area contributed by atoms with Gasteiger partial charge in [-0.05, 0) is 36.8 Å². The Bertz CT molecular complexity index is 2700. The molecular formula is C45H33Cl4N5O7. The van der Waals surface area contributed by atoms with Gasteiger partial charge in [0.2, 0.25) is 5.69 Å². The van der Waals surface area contributed by atoms with E-state index in [0.29, 0.717) is 54.7 Å². The maximum atomic E-state index is 13.0. The lowest BCUT2D eigenvalue weighted by Crippen LogP contribution is -2.27. The second kappa shape index (κ2) is 20.7. The number of aliphatic hydroxyl groups is 1. The Morgan fingerprint density at radius 3 is 1.79 bits per heavy atom. The van der Waals surface area contributed by atoms with E-state index in [2.05, 4.69) is 20.1 Å². The summed E-state index contributed by atoms with van der Waals surface area (Å²) in [5, 5.41) is 22.1. The van der Waals surface area contributed by atoms with Gasteiger partial charge in [0.25, 0.3) is 5.91 Å². The summed E-state index contributed by atoms with van der Waals surface area (Å²) in [6.07, 6.45) is 5.99. The van der Waals surface area contributed by atoms with Crippen LogP contribution in [0.5, 0.6) is 23.0 Å². The summed E-state index contributed by atoms with van der Waals surface area (Å²) in [5.41, 5.74) is 4.77. The molecule has 6 aromatic rings. The van der Waals surface area contributed by atoms with Crippen molar-refractivity contribution in [1.29, 1.82) is 5.26 Å². The highest BCUT2D eigenvalue weighted by atomic mass is 35.5. The smallest absolute Gasteiger partial charge is 0.255 e. The molecule has 1 amide bonds. The summed E-state index contributed by atoms with van der Waals surface area (Å²) in [6, 6.07) is 22.0. The predicted molar refractivity (Wildman–Crippen MR) is 231 cm³/mol. The summed E-state index contributed by atoms with van der Waals surface area (Å²) >= 11 is 27.2. The van der Waals surface area contributed by atoms with Gasteiger partial charge in [-0.3, -0.25) is 19.6 Å². The maximum absolute atomic E-state index is 13.0. The first-order chi connectivity index (χ1) is 29.5. The van der Waals surface area contributed by atoms with Crippen LogP contribution in [0.2, 0.25) is 20.1 Å². The van der Waals surface area contributed by atoms with E-state index >= 15 is 0 Å². The highest BCUT2D eigenvalue weighted by Gasteiger charge is 2.20. The number of nitrogens with zero attached hydrogens (tertiary/aromatic N) is 4. The molecule has 2 N–H and O–H groups in total. The van der Waals surface area contributed by atoms with Gasteiger partial charge in [0.1, 0.15) is 55.5 Å². The normalized spacial score (nSPS) is 10.6. The number of aromatic nitrogens is 2. The minimum absolute atomic E-state index is 0.00175. The molecule has 2 aromatic heterocycles. The van der Waals surface area contributed by atoms with Gasteiger partial charge in [0, 0.05) is 71.3 Å². The second-order valence-corrected chi connectivity index (χ2v) is 14.7. The van der Waals surface area contributed by atoms with E-state index in [1.54, 1.807) is 42.7 Å². The lowest BCUT2D eigenvalue weighted by atomic mass is 10.0. The Labute approximate surface area is 371 Å². The number of ether oxygens (including phenoxy) is 4. The summed E-state index contributed by atoms with van der Waals surface area (Å²) in [4.78, 5) is 37.0. The van der Waals surface area contributed by atoms with Crippen LogP contribution in [0.15, 0.2) is 97.6 Å². The van der Waals surface area contributed by atoms with E-state index in [1.807, 2.05) is 24.3 Å². The highest BCUT2D eigenvalue weighted by Crippen LogP contribution is 2.40. The standard InChI is InChI=1S/C45H33Cl4N5O7/c1-26(56)35-13-37(46)41(15-39(35)58-22-28-11-27(17-50)18-52-19-28)60-24-30-5-3-7-33(43(30)48)34-8-4-6-31(44(34)49)25-61-42-16-40(36(14-38(42)47)45(57)54-9-10-55)59-23-29-12-32(51-2)21-53-20-29/h3-8,11-16,18-21,55H,9-10,22-25H2,1H3,(H,54,57). The zero-order valence-corrected chi connectivity index (χ0v) is 35.2. The Morgan fingerprint density at radius 1 is 0.721 bits per heavy atom. The lowest BCUT2D eigenvalue weighted by molar-refractivity contribution is 0.0939. The molecule has 61 heavy (non-hydrogen) atoms. The quantitative estimate of drug-likeness (QED) is 0.0667. The molecule has 0 bridgehead atoms. The SMILES string of the molecule is [C-]#[N+]c1cncc(COc2cc(OCc3cccc(-c4cccc(COc5cc(OCc6cncc(C#N)c6)c(C(C)=O)cc5Cl)c4Cl)c3Cl)c(Cl)cc2C(=O)NCCO)c1. The van der Waals surface area contributed by atoms with Gasteiger partial charge in [-0.25, -0.2) is 4.85 Å². The average Bonchev–Trinajstić information content (AvgIpc) is 3.27. The lowest BCUT2D eigenvalue weighted by Gasteiger charge is -2.17. The summed E-state index contributed by atoms with van der Waals surface area (Å²) < 4.78 is 24.3. The largest absolute Gasteiger partial charge is 0.488 e. The summed E-state index contributed by atoms with van der Waals surface area (Å²) in [5.74, 6) is 0.0592. The van der Waals surface area contributed by atoms with E-state index in [9.17, 15) is 20.0 Å². The number of hydrogen-bond donors (Lipinski definition) is 2.